The van der Waals surface area contributed by atoms with Crippen LogP contribution in [0.2, 0.25) is 0 Å². The van der Waals surface area contributed by atoms with E-state index >= 15 is 0 Å². The number of carbonyl (C=O) groups excluding carboxylic acids is 2. The third-order valence-corrected chi connectivity index (χ3v) is 5.94. The summed E-state index contributed by atoms with van der Waals surface area (Å²) in [5, 5.41) is 2.89. The number of amides is 2. The van der Waals surface area contributed by atoms with Crippen molar-refractivity contribution in [1.29, 1.82) is 0 Å². The molecule has 0 aromatic heterocycles. The maximum Gasteiger partial charge on any atom is 0.253 e. The molecule has 2 amide bonds. The number of rotatable bonds is 2. The fourth-order valence-electron chi connectivity index (χ4n) is 4.30. The fraction of sp³-hybridized carbons (Fsp3) is 0.364. The molecular weight excluding hydrogens is 354 g/mol. The van der Waals surface area contributed by atoms with Gasteiger partial charge in [-0.2, -0.15) is 0 Å². The molecular formula is C22H23N3O3. The molecule has 6 heteroatoms. The number of carbonyl (C=O) groups is 2. The molecule has 0 aliphatic carbocycles. The van der Waals surface area contributed by atoms with E-state index in [4.69, 9.17) is 4.74 Å². The number of ether oxygens (including phenoxy) is 1. The van der Waals surface area contributed by atoms with Gasteiger partial charge in [-0.05, 0) is 34.9 Å². The van der Waals surface area contributed by atoms with Crippen LogP contribution in [-0.4, -0.2) is 67.0 Å². The number of piperazine rings is 2. The molecule has 28 heavy (non-hydrogen) atoms. The van der Waals surface area contributed by atoms with Gasteiger partial charge >= 0.3 is 0 Å². The van der Waals surface area contributed by atoms with Crippen LogP contribution in [-0.2, 0) is 11.2 Å². The highest BCUT2D eigenvalue weighted by molar-refractivity contribution is 5.95. The Bertz CT molecular complexity index is 925. The van der Waals surface area contributed by atoms with E-state index in [0.29, 0.717) is 25.2 Å². The van der Waals surface area contributed by atoms with E-state index in [1.54, 1.807) is 4.90 Å². The fourth-order valence-corrected chi connectivity index (χ4v) is 4.30. The summed E-state index contributed by atoms with van der Waals surface area (Å²) in [6.45, 7) is 4.16. The minimum Gasteiger partial charge on any atom is -0.493 e. The molecule has 5 rings (SSSR count). The summed E-state index contributed by atoms with van der Waals surface area (Å²) >= 11 is 0. The van der Waals surface area contributed by atoms with Crippen molar-refractivity contribution in [2.75, 3.05) is 39.3 Å². The van der Waals surface area contributed by atoms with Gasteiger partial charge in [0.05, 0.1) is 6.61 Å². The van der Waals surface area contributed by atoms with Gasteiger partial charge in [-0.15, -0.1) is 0 Å². The molecule has 3 heterocycles. The molecule has 2 aromatic rings. The second-order valence-corrected chi connectivity index (χ2v) is 7.59. The number of nitrogens with zero attached hydrogens (tertiary/aromatic N) is 2. The van der Waals surface area contributed by atoms with Crippen molar-refractivity contribution in [3.05, 3.63) is 53.6 Å². The average molecular weight is 377 g/mol. The Morgan fingerprint density at radius 1 is 1.04 bits per heavy atom. The van der Waals surface area contributed by atoms with Gasteiger partial charge in [0.15, 0.2) is 0 Å². The zero-order chi connectivity index (χ0) is 19.1. The summed E-state index contributed by atoms with van der Waals surface area (Å²) in [4.78, 5) is 29.0. The molecule has 0 radical (unpaired) electrons. The normalized spacial score (nSPS) is 21.5. The van der Waals surface area contributed by atoms with E-state index < -0.39 is 0 Å². The highest BCUT2D eigenvalue weighted by Crippen LogP contribution is 2.31. The first-order valence-corrected chi connectivity index (χ1v) is 9.86. The summed E-state index contributed by atoms with van der Waals surface area (Å²) < 4.78 is 5.66. The van der Waals surface area contributed by atoms with Gasteiger partial charge in [-0.1, -0.05) is 24.3 Å². The van der Waals surface area contributed by atoms with Gasteiger partial charge in [-0.25, -0.2) is 0 Å². The van der Waals surface area contributed by atoms with Crippen molar-refractivity contribution >= 4 is 11.8 Å². The number of nitrogens with one attached hydrogen (secondary N) is 1. The zero-order valence-electron chi connectivity index (χ0n) is 15.7. The van der Waals surface area contributed by atoms with Gasteiger partial charge in [0.25, 0.3) is 5.91 Å². The topological polar surface area (TPSA) is 61.9 Å². The lowest BCUT2D eigenvalue weighted by Crippen LogP contribution is -2.64. The van der Waals surface area contributed by atoms with Gasteiger partial charge in [-0.3, -0.25) is 14.5 Å². The summed E-state index contributed by atoms with van der Waals surface area (Å²) in [7, 11) is 0. The molecule has 6 nitrogen and oxygen atoms in total. The largest absolute Gasteiger partial charge is 0.493 e. The SMILES string of the molecule is O=C1NCCN2CCN(C(=O)c3ccc(-c4ccc5c(c4)OCC5)cc3)C[C@@H]12. The van der Waals surface area contributed by atoms with Gasteiger partial charge in [0.1, 0.15) is 11.8 Å². The summed E-state index contributed by atoms with van der Waals surface area (Å²) in [6.07, 6.45) is 0.968. The van der Waals surface area contributed by atoms with Crippen molar-refractivity contribution in [2.24, 2.45) is 0 Å². The van der Waals surface area contributed by atoms with Gasteiger partial charge < -0.3 is 15.0 Å². The maximum absolute atomic E-state index is 12.9. The monoisotopic (exact) mass is 377 g/mol. The molecule has 0 spiro atoms. The molecule has 0 saturated carbocycles. The molecule has 0 bridgehead atoms. The Hall–Kier alpha value is -2.86. The van der Waals surface area contributed by atoms with Gasteiger partial charge in [0.2, 0.25) is 5.91 Å². The Balaban J connectivity index is 1.31. The van der Waals surface area contributed by atoms with Crippen LogP contribution in [0.3, 0.4) is 0 Å². The molecule has 144 valence electrons. The van der Waals surface area contributed by atoms with Crippen LogP contribution in [0, 0.1) is 0 Å². The van der Waals surface area contributed by atoms with Crippen molar-refractivity contribution in [1.82, 2.24) is 15.1 Å². The van der Waals surface area contributed by atoms with Crippen molar-refractivity contribution < 1.29 is 14.3 Å². The smallest absolute Gasteiger partial charge is 0.253 e. The van der Waals surface area contributed by atoms with Crippen LogP contribution >= 0.6 is 0 Å². The highest BCUT2D eigenvalue weighted by Gasteiger charge is 2.36. The lowest BCUT2D eigenvalue weighted by atomic mass is 10.0. The molecule has 1 atom stereocenters. The summed E-state index contributed by atoms with van der Waals surface area (Å²) in [5.74, 6) is 0.973. The van der Waals surface area contributed by atoms with E-state index in [1.165, 1.54) is 5.56 Å². The minimum atomic E-state index is -0.225. The van der Waals surface area contributed by atoms with Crippen molar-refractivity contribution in [3.63, 3.8) is 0 Å². The molecule has 2 fully saturated rings. The highest BCUT2D eigenvalue weighted by atomic mass is 16.5. The summed E-state index contributed by atoms with van der Waals surface area (Å²) in [5.41, 5.74) is 4.06. The van der Waals surface area contributed by atoms with E-state index in [1.807, 2.05) is 24.3 Å². The second-order valence-electron chi connectivity index (χ2n) is 7.59. The Kier molecular flexibility index (Phi) is 4.28. The first kappa shape index (κ1) is 17.3. The molecule has 1 N–H and O–H groups in total. The quantitative estimate of drug-likeness (QED) is 0.863. The predicted octanol–water partition coefficient (Wildman–Crippen LogP) is 1.54. The molecule has 3 aliphatic heterocycles. The van der Waals surface area contributed by atoms with Crippen LogP contribution in [0.25, 0.3) is 11.1 Å². The van der Waals surface area contributed by atoms with Crippen molar-refractivity contribution in [2.45, 2.75) is 12.5 Å². The number of hydrogen-bond donors (Lipinski definition) is 1. The minimum absolute atomic E-state index is 0.0122. The number of benzene rings is 2. The molecule has 2 saturated heterocycles. The lowest BCUT2D eigenvalue weighted by Gasteiger charge is -2.43. The first-order valence-electron chi connectivity index (χ1n) is 9.86. The van der Waals surface area contributed by atoms with E-state index in [-0.39, 0.29) is 17.9 Å². The Labute approximate surface area is 164 Å². The van der Waals surface area contributed by atoms with Crippen LogP contribution in [0.4, 0.5) is 0 Å². The van der Waals surface area contributed by atoms with E-state index in [9.17, 15) is 9.59 Å². The van der Waals surface area contributed by atoms with Crippen LogP contribution < -0.4 is 10.1 Å². The molecule has 3 aliphatic rings. The molecule has 2 aromatic carbocycles. The average Bonchev–Trinajstić information content (AvgIpc) is 3.21. The number of hydrogen-bond acceptors (Lipinski definition) is 4. The van der Waals surface area contributed by atoms with Crippen LogP contribution in [0.5, 0.6) is 5.75 Å². The lowest BCUT2D eigenvalue weighted by molar-refractivity contribution is -0.131. The first-order chi connectivity index (χ1) is 13.7. The molecule has 0 unspecified atom stereocenters. The second kappa shape index (κ2) is 6.95. The Morgan fingerprint density at radius 3 is 2.71 bits per heavy atom. The van der Waals surface area contributed by atoms with Crippen LogP contribution in [0.15, 0.2) is 42.5 Å². The third-order valence-electron chi connectivity index (χ3n) is 5.94. The predicted molar refractivity (Wildman–Crippen MR) is 105 cm³/mol. The van der Waals surface area contributed by atoms with E-state index in [2.05, 4.69) is 28.4 Å². The standard InChI is InChI=1S/C22H23N3O3/c26-21-19-14-25(11-10-24(19)9-8-23-21)22(27)17-4-1-15(2-5-17)18-6-3-16-7-12-28-20(16)13-18/h1-6,13,19H,7-12,14H2,(H,23,26)/t19-/m0/s1. The Morgan fingerprint density at radius 2 is 1.86 bits per heavy atom. The maximum atomic E-state index is 12.9. The van der Waals surface area contributed by atoms with Gasteiger partial charge in [0, 0.05) is 44.7 Å². The number of fused-ring (bicyclic) bond motifs is 2. The van der Waals surface area contributed by atoms with E-state index in [0.717, 1.165) is 43.0 Å². The zero-order valence-corrected chi connectivity index (χ0v) is 15.7. The summed E-state index contributed by atoms with van der Waals surface area (Å²) in [6, 6.07) is 13.8. The third kappa shape index (κ3) is 3.03. The van der Waals surface area contributed by atoms with Crippen LogP contribution in [0.1, 0.15) is 15.9 Å². The van der Waals surface area contributed by atoms with Crippen molar-refractivity contribution in [3.8, 4) is 16.9 Å².